The Labute approximate surface area is 112 Å². The van der Waals surface area contributed by atoms with Crippen molar-refractivity contribution >= 4 is 17.5 Å². The fourth-order valence-corrected chi connectivity index (χ4v) is 2.27. The van der Waals surface area contributed by atoms with Crippen molar-refractivity contribution in [2.45, 2.75) is 25.8 Å². The van der Waals surface area contributed by atoms with Gasteiger partial charge in [0, 0.05) is 17.8 Å². The molecule has 2 rings (SSSR count). The number of nitrogens with one attached hydrogen (secondary N) is 1. The molecule has 1 unspecified atom stereocenters. The molecule has 1 saturated heterocycles. The number of amides is 2. The van der Waals surface area contributed by atoms with Crippen LogP contribution in [0.25, 0.3) is 0 Å². The number of hydrogen-bond acceptors (Lipinski definition) is 3. The van der Waals surface area contributed by atoms with E-state index in [1.807, 2.05) is 6.07 Å². The van der Waals surface area contributed by atoms with Crippen LogP contribution in [0.1, 0.15) is 30.1 Å². The second kappa shape index (κ2) is 5.84. The van der Waals surface area contributed by atoms with Gasteiger partial charge in [0.15, 0.2) is 0 Å². The number of primary amides is 1. The highest BCUT2D eigenvalue weighted by molar-refractivity contribution is 6.01. The Balaban J connectivity index is 2.13. The standard InChI is InChI=1S/C14H19N3O2/c1-2-7-16-12-6-8-17(14(12)19)11-5-3-4-10(9-11)13(15)18/h3-5,9,12,16H,2,6-8H2,1H3,(H2,15,18). The number of nitrogens with two attached hydrogens (primary N) is 1. The van der Waals surface area contributed by atoms with Crippen molar-refractivity contribution in [2.75, 3.05) is 18.0 Å². The molecule has 1 aromatic carbocycles. The minimum absolute atomic E-state index is 0.0649. The molecule has 1 fully saturated rings. The summed E-state index contributed by atoms with van der Waals surface area (Å²) in [5.41, 5.74) is 6.42. The van der Waals surface area contributed by atoms with Crippen LogP contribution in [-0.2, 0) is 4.79 Å². The monoisotopic (exact) mass is 261 g/mol. The fourth-order valence-electron chi connectivity index (χ4n) is 2.27. The maximum Gasteiger partial charge on any atom is 0.248 e. The molecule has 3 N–H and O–H groups in total. The van der Waals surface area contributed by atoms with Crippen LogP contribution in [0.4, 0.5) is 5.69 Å². The molecule has 0 aliphatic carbocycles. The van der Waals surface area contributed by atoms with E-state index in [1.165, 1.54) is 0 Å². The van der Waals surface area contributed by atoms with Crippen LogP contribution >= 0.6 is 0 Å². The first kappa shape index (κ1) is 13.5. The zero-order chi connectivity index (χ0) is 13.8. The average Bonchev–Trinajstić information content (AvgIpc) is 2.78. The van der Waals surface area contributed by atoms with E-state index >= 15 is 0 Å². The molecular weight excluding hydrogens is 242 g/mol. The van der Waals surface area contributed by atoms with Gasteiger partial charge in [-0.2, -0.15) is 0 Å². The van der Waals surface area contributed by atoms with Crippen LogP contribution < -0.4 is 16.0 Å². The van der Waals surface area contributed by atoms with E-state index < -0.39 is 5.91 Å². The summed E-state index contributed by atoms with van der Waals surface area (Å²) in [6.45, 7) is 3.58. The SMILES string of the molecule is CCCNC1CCN(c2cccc(C(N)=O)c2)C1=O. The Morgan fingerprint density at radius 1 is 1.53 bits per heavy atom. The molecule has 5 heteroatoms. The highest BCUT2D eigenvalue weighted by Gasteiger charge is 2.31. The molecular formula is C14H19N3O2. The van der Waals surface area contributed by atoms with E-state index in [0.717, 1.165) is 25.1 Å². The predicted molar refractivity (Wildman–Crippen MR) is 74.0 cm³/mol. The van der Waals surface area contributed by atoms with Crippen molar-refractivity contribution in [2.24, 2.45) is 5.73 Å². The summed E-state index contributed by atoms with van der Waals surface area (Å²) in [6, 6.07) is 6.78. The van der Waals surface area contributed by atoms with Crippen molar-refractivity contribution in [3.63, 3.8) is 0 Å². The molecule has 1 aliphatic heterocycles. The summed E-state index contributed by atoms with van der Waals surface area (Å²) in [7, 11) is 0. The van der Waals surface area contributed by atoms with Gasteiger partial charge in [0.05, 0.1) is 6.04 Å². The number of carbonyl (C=O) groups is 2. The zero-order valence-electron chi connectivity index (χ0n) is 11.1. The Morgan fingerprint density at radius 3 is 3.00 bits per heavy atom. The van der Waals surface area contributed by atoms with Crippen molar-refractivity contribution in [1.82, 2.24) is 5.32 Å². The van der Waals surface area contributed by atoms with E-state index in [9.17, 15) is 9.59 Å². The Bertz CT molecular complexity index is 487. The molecule has 0 saturated carbocycles. The molecule has 1 aromatic rings. The molecule has 1 aliphatic rings. The Kier molecular flexibility index (Phi) is 4.16. The van der Waals surface area contributed by atoms with Gasteiger partial charge in [0.2, 0.25) is 11.8 Å². The second-order valence-electron chi connectivity index (χ2n) is 4.70. The highest BCUT2D eigenvalue weighted by atomic mass is 16.2. The zero-order valence-corrected chi connectivity index (χ0v) is 11.1. The van der Waals surface area contributed by atoms with Crippen molar-refractivity contribution in [1.29, 1.82) is 0 Å². The summed E-state index contributed by atoms with van der Waals surface area (Å²) in [5.74, 6) is -0.413. The lowest BCUT2D eigenvalue weighted by Gasteiger charge is -2.17. The molecule has 1 heterocycles. The number of nitrogens with zero attached hydrogens (tertiary/aromatic N) is 1. The summed E-state index contributed by atoms with van der Waals surface area (Å²) in [4.78, 5) is 25.1. The van der Waals surface area contributed by atoms with Crippen LogP contribution in [0.3, 0.4) is 0 Å². The van der Waals surface area contributed by atoms with Crippen LogP contribution in [-0.4, -0.2) is 30.9 Å². The third-order valence-electron chi connectivity index (χ3n) is 3.29. The number of hydrogen-bond donors (Lipinski definition) is 2. The molecule has 2 amide bonds. The normalized spacial score (nSPS) is 18.9. The number of carbonyl (C=O) groups excluding carboxylic acids is 2. The number of benzene rings is 1. The summed E-state index contributed by atoms with van der Waals surface area (Å²) >= 11 is 0. The molecule has 5 nitrogen and oxygen atoms in total. The first-order valence-corrected chi connectivity index (χ1v) is 6.58. The molecule has 102 valence electrons. The van der Waals surface area contributed by atoms with Gasteiger partial charge >= 0.3 is 0 Å². The summed E-state index contributed by atoms with van der Waals surface area (Å²) in [5, 5.41) is 3.24. The van der Waals surface area contributed by atoms with E-state index in [-0.39, 0.29) is 11.9 Å². The predicted octanol–water partition coefficient (Wildman–Crippen LogP) is 0.890. The molecule has 0 spiro atoms. The van der Waals surface area contributed by atoms with Crippen molar-refractivity contribution < 1.29 is 9.59 Å². The Morgan fingerprint density at radius 2 is 2.32 bits per heavy atom. The molecule has 19 heavy (non-hydrogen) atoms. The van der Waals surface area contributed by atoms with Crippen LogP contribution in [0.15, 0.2) is 24.3 Å². The fraction of sp³-hybridized carbons (Fsp3) is 0.429. The van der Waals surface area contributed by atoms with E-state index in [0.29, 0.717) is 12.1 Å². The largest absolute Gasteiger partial charge is 0.366 e. The van der Waals surface area contributed by atoms with Gasteiger partial charge in [-0.05, 0) is 37.6 Å². The minimum Gasteiger partial charge on any atom is -0.366 e. The van der Waals surface area contributed by atoms with Crippen LogP contribution in [0.2, 0.25) is 0 Å². The van der Waals surface area contributed by atoms with Crippen molar-refractivity contribution in [3.05, 3.63) is 29.8 Å². The van der Waals surface area contributed by atoms with Gasteiger partial charge < -0.3 is 16.0 Å². The van der Waals surface area contributed by atoms with Crippen LogP contribution in [0, 0.1) is 0 Å². The maximum absolute atomic E-state index is 12.2. The highest BCUT2D eigenvalue weighted by Crippen LogP contribution is 2.22. The van der Waals surface area contributed by atoms with Gasteiger partial charge in [0.25, 0.3) is 0 Å². The molecule has 0 aromatic heterocycles. The van der Waals surface area contributed by atoms with E-state index in [2.05, 4.69) is 12.2 Å². The number of rotatable bonds is 5. The van der Waals surface area contributed by atoms with E-state index in [4.69, 9.17) is 5.73 Å². The van der Waals surface area contributed by atoms with Gasteiger partial charge in [-0.3, -0.25) is 9.59 Å². The lowest BCUT2D eigenvalue weighted by atomic mass is 10.2. The lowest BCUT2D eigenvalue weighted by Crippen LogP contribution is -2.38. The smallest absolute Gasteiger partial charge is 0.248 e. The quantitative estimate of drug-likeness (QED) is 0.826. The van der Waals surface area contributed by atoms with Gasteiger partial charge in [-0.15, -0.1) is 0 Å². The minimum atomic E-state index is -0.478. The average molecular weight is 261 g/mol. The molecule has 0 bridgehead atoms. The van der Waals surface area contributed by atoms with Gasteiger partial charge in [0.1, 0.15) is 0 Å². The Hall–Kier alpha value is -1.88. The first-order chi connectivity index (χ1) is 9.13. The topological polar surface area (TPSA) is 75.4 Å². The van der Waals surface area contributed by atoms with Crippen LogP contribution in [0.5, 0.6) is 0 Å². The number of anilines is 1. The van der Waals surface area contributed by atoms with Crippen molar-refractivity contribution in [3.8, 4) is 0 Å². The van der Waals surface area contributed by atoms with E-state index in [1.54, 1.807) is 23.1 Å². The van der Waals surface area contributed by atoms with Gasteiger partial charge in [-0.25, -0.2) is 0 Å². The first-order valence-electron chi connectivity index (χ1n) is 6.58. The molecule has 1 atom stereocenters. The second-order valence-corrected chi connectivity index (χ2v) is 4.70. The summed E-state index contributed by atoms with van der Waals surface area (Å²) in [6.07, 6.45) is 1.79. The van der Waals surface area contributed by atoms with Gasteiger partial charge in [-0.1, -0.05) is 13.0 Å². The lowest BCUT2D eigenvalue weighted by molar-refractivity contribution is -0.118. The third kappa shape index (κ3) is 2.93. The summed E-state index contributed by atoms with van der Waals surface area (Å²) < 4.78 is 0. The maximum atomic E-state index is 12.2. The third-order valence-corrected chi connectivity index (χ3v) is 3.29. The molecule has 0 radical (unpaired) electrons.